The van der Waals surface area contributed by atoms with Gasteiger partial charge in [0.05, 0.1) is 12.1 Å². The largest absolute Gasteiger partial charge is 0.388 e. The van der Waals surface area contributed by atoms with Gasteiger partial charge in [-0.2, -0.15) is 0 Å². The van der Waals surface area contributed by atoms with Crippen LogP contribution in [0.2, 0.25) is 0 Å². The molecule has 1 aliphatic rings. The van der Waals surface area contributed by atoms with Gasteiger partial charge in [-0.15, -0.1) is 0 Å². The van der Waals surface area contributed by atoms with Crippen LogP contribution in [0.4, 0.5) is 8.78 Å². The van der Waals surface area contributed by atoms with E-state index in [2.05, 4.69) is 10.6 Å². The predicted octanol–water partition coefficient (Wildman–Crippen LogP) is 1.90. The summed E-state index contributed by atoms with van der Waals surface area (Å²) in [6.07, 6.45) is 5.29. The molecule has 0 unspecified atom stereocenters. The predicted molar refractivity (Wildman–Crippen MR) is 84.4 cm³/mol. The molecule has 0 aliphatic heterocycles. The molecule has 1 aromatic carbocycles. The molecular weight excluding hydrogens is 318 g/mol. The summed E-state index contributed by atoms with van der Waals surface area (Å²) in [5.74, 6) is -2.92. The van der Waals surface area contributed by atoms with Crippen LogP contribution in [-0.4, -0.2) is 35.6 Å². The van der Waals surface area contributed by atoms with Crippen molar-refractivity contribution in [1.29, 1.82) is 0 Å². The van der Waals surface area contributed by atoms with E-state index in [1.165, 1.54) is 0 Å². The van der Waals surface area contributed by atoms with Crippen molar-refractivity contribution in [2.45, 2.75) is 44.1 Å². The zero-order chi connectivity index (χ0) is 17.6. The van der Waals surface area contributed by atoms with Gasteiger partial charge in [0.1, 0.15) is 11.6 Å². The highest BCUT2D eigenvalue weighted by atomic mass is 19.1. The van der Waals surface area contributed by atoms with Crippen LogP contribution < -0.4 is 10.6 Å². The van der Waals surface area contributed by atoms with Crippen LogP contribution in [0.15, 0.2) is 18.2 Å². The second-order valence-corrected chi connectivity index (χ2v) is 6.26. The van der Waals surface area contributed by atoms with Crippen molar-refractivity contribution >= 4 is 11.8 Å². The fraction of sp³-hybridized carbons (Fsp3) is 0.529. The molecule has 2 rings (SSSR count). The topological polar surface area (TPSA) is 78.4 Å². The molecule has 1 saturated carbocycles. The summed E-state index contributed by atoms with van der Waals surface area (Å²) >= 11 is 0. The first-order valence-corrected chi connectivity index (χ1v) is 8.11. The lowest BCUT2D eigenvalue weighted by atomic mass is 9.94. The number of hydrogen-bond donors (Lipinski definition) is 3. The Balaban J connectivity index is 1.79. The molecule has 1 aromatic rings. The number of carbonyl (C=O) groups is 2. The van der Waals surface area contributed by atoms with Crippen molar-refractivity contribution in [2.75, 3.05) is 13.1 Å². The number of hydrogen-bond acceptors (Lipinski definition) is 3. The Morgan fingerprint density at radius 3 is 2.17 bits per heavy atom. The molecule has 0 bridgehead atoms. The number of rotatable bonds is 5. The molecule has 1 aliphatic carbocycles. The number of carbonyl (C=O) groups excluding carboxylic acids is 2. The summed E-state index contributed by atoms with van der Waals surface area (Å²) in [6.45, 7) is -0.191. The van der Waals surface area contributed by atoms with Crippen molar-refractivity contribution < 1.29 is 23.5 Å². The van der Waals surface area contributed by atoms with E-state index in [1.807, 2.05) is 0 Å². The minimum atomic E-state index is -0.901. The van der Waals surface area contributed by atoms with E-state index in [1.54, 1.807) is 0 Å². The summed E-state index contributed by atoms with van der Waals surface area (Å²) in [4.78, 5) is 23.6. The van der Waals surface area contributed by atoms with Gasteiger partial charge in [-0.3, -0.25) is 9.59 Å². The van der Waals surface area contributed by atoms with E-state index >= 15 is 0 Å². The van der Waals surface area contributed by atoms with Crippen LogP contribution in [0.5, 0.6) is 0 Å². The maximum absolute atomic E-state index is 13.1. The first-order valence-electron chi connectivity index (χ1n) is 8.11. The van der Waals surface area contributed by atoms with E-state index in [-0.39, 0.29) is 18.7 Å². The molecule has 132 valence electrons. The highest BCUT2D eigenvalue weighted by Gasteiger charge is 2.28. The summed E-state index contributed by atoms with van der Waals surface area (Å²) in [7, 11) is 0. The Morgan fingerprint density at radius 2 is 1.58 bits per heavy atom. The molecule has 0 aromatic heterocycles. The Kier molecular flexibility index (Phi) is 6.25. The second kappa shape index (κ2) is 8.19. The third kappa shape index (κ3) is 5.56. The monoisotopic (exact) mass is 340 g/mol. The number of benzene rings is 1. The van der Waals surface area contributed by atoms with Gasteiger partial charge in [0.25, 0.3) is 5.91 Å². The van der Waals surface area contributed by atoms with Gasteiger partial charge in [-0.05, 0) is 25.0 Å². The van der Waals surface area contributed by atoms with Crippen molar-refractivity contribution in [3.05, 3.63) is 35.4 Å². The third-order valence-corrected chi connectivity index (χ3v) is 4.18. The Hall–Kier alpha value is -2.02. The summed E-state index contributed by atoms with van der Waals surface area (Å²) in [6, 6.07) is 2.45. The summed E-state index contributed by atoms with van der Waals surface area (Å²) in [5.41, 5.74) is -1.09. The minimum Gasteiger partial charge on any atom is -0.388 e. The summed E-state index contributed by atoms with van der Waals surface area (Å²) < 4.78 is 26.1. The van der Waals surface area contributed by atoms with E-state index in [0.29, 0.717) is 18.9 Å². The van der Waals surface area contributed by atoms with Crippen molar-refractivity contribution in [2.24, 2.45) is 0 Å². The molecule has 5 nitrogen and oxygen atoms in total. The molecule has 7 heteroatoms. The van der Waals surface area contributed by atoms with Gasteiger partial charge in [0.2, 0.25) is 5.91 Å². The average molecular weight is 340 g/mol. The van der Waals surface area contributed by atoms with Crippen molar-refractivity contribution in [3.8, 4) is 0 Å². The Labute approximate surface area is 139 Å². The number of amides is 2. The van der Waals surface area contributed by atoms with Crippen molar-refractivity contribution in [1.82, 2.24) is 10.6 Å². The maximum Gasteiger partial charge on any atom is 0.251 e. The lowest BCUT2D eigenvalue weighted by Crippen LogP contribution is -2.45. The van der Waals surface area contributed by atoms with Gasteiger partial charge >= 0.3 is 0 Å². The van der Waals surface area contributed by atoms with Crippen LogP contribution in [0.25, 0.3) is 0 Å². The Bertz CT molecular complexity index is 579. The van der Waals surface area contributed by atoms with E-state index in [0.717, 1.165) is 37.8 Å². The molecule has 24 heavy (non-hydrogen) atoms. The standard InChI is InChI=1S/C17H22F2N2O3/c18-13-7-12(8-14(19)9-13)16(23)20-10-15(22)21-11-17(24)5-3-1-2-4-6-17/h7-9,24H,1-6,10-11H2,(H,20,23)(H,21,22). The summed E-state index contributed by atoms with van der Waals surface area (Å²) in [5, 5.41) is 15.3. The second-order valence-electron chi connectivity index (χ2n) is 6.26. The normalized spacial score (nSPS) is 17.0. The van der Waals surface area contributed by atoms with Crippen LogP contribution in [-0.2, 0) is 4.79 Å². The highest BCUT2D eigenvalue weighted by molar-refractivity contribution is 5.96. The number of halogens is 2. The molecule has 1 fully saturated rings. The highest BCUT2D eigenvalue weighted by Crippen LogP contribution is 2.26. The minimum absolute atomic E-state index is 0.135. The molecule has 0 heterocycles. The first kappa shape index (κ1) is 18.3. The molecule has 0 radical (unpaired) electrons. The zero-order valence-corrected chi connectivity index (χ0v) is 13.4. The SMILES string of the molecule is O=C(CNC(=O)c1cc(F)cc(F)c1)NCC1(O)CCCCCC1. The smallest absolute Gasteiger partial charge is 0.251 e. The van der Waals surface area contributed by atoms with Crippen LogP contribution in [0.1, 0.15) is 48.9 Å². The molecular formula is C17H22F2N2O3. The number of aliphatic hydroxyl groups is 1. The third-order valence-electron chi connectivity index (χ3n) is 4.18. The fourth-order valence-electron chi connectivity index (χ4n) is 2.84. The molecule has 2 amide bonds. The molecule has 0 spiro atoms. The lowest BCUT2D eigenvalue weighted by molar-refractivity contribution is -0.121. The lowest BCUT2D eigenvalue weighted by Gasteiger charge is -2.26. The number of nitrogens with one attached hydrogen (secondary N) is 2. The van der Waals surface area contributed by atoms with E-state index in [9.17, 15) is 23.5 Å². The van der Waals surface area contributed by atoms with Crippen molar-refractivity contribution in [3.63, 3.8) is 0 Å². The average Bonchev–Trinajstić information content (AvgIpc) is 2.75. The van der Waals surface area contributed by atoms with E-state index in [4.69, 9.17) is 0 Å². The van der Waals surface area contributed by atoms with Gasteiger partial charge in [0.15, 0.2) is 0 Å². The van der Waals surface area contributed by atoms with Gasteiger partial charge < -0.3 is 15.7 Å². The van der Waals surface area contributed by atoms with Crippen LogP contribution in [0, 0.1) is 11.6 Å². The van der Waals surface area contributed by atoms with Crippen LogP contribution >= 0.6 is 0 Å². The first-order chi connectivity index (χ1) is 11.4. The molecule has 0 saturated heterocycles. The Morgan fingerprint density at radius 1 is 1.00 bits per heavy atom. The molecule has 3 N–H and O–H groups in total. The quantitative estimate of drug-likeness (QED) is 0.717. The van der Waals surface area contributed by atoms with Crippen LogP contribution in [0.3, 0.4) is 0 Å². The van der Waals surface area contributed by atoms with Gasteiger partial charge in [0, 0.05) is 18.2 Å². The fourth-order valence-corrected chi connectivity index (χ4v) is 2.84. The maximum atomic E-state index is 13.1. The van der Waals surface area contributed by atoms with E-state index < -0.39 is 29.0 Å². The zero-order valence-electron chi connectivity index (χ0n) is 13.4. The molecule has 0 atom stereocenters. The van der Waals surface area contributed by atoms with Gasteiger partial charge in [-0.1, -0.05) is 25.7 Å². The van der Waals surface area contributed by atoms with Gasteiger partial charge in [-0.25, -0.2) is 8.78 Å².